The fourth-order valence-corrected chi connectivity index (χ4v) is 2.77. The molecule has 0 aliphatic rings. The van der Waals surface area contributed by atoms with Crippen LogP contribution in [-0.2, 0) is 4.79 Å². The summed E-state index contributed by atoms with van der Waals surface area (Å²) >= 11 is 11.8. The fourth-order valence-electron chi connectivity index (χ4n) is 2.24. The monoisotopic (exact) mass is 312 g/mol. The van der Waals surface area contributed by atoms with E-state index in [0.29, 0.717) is 28.6 Å². The van der Waals surface area contributed by atoms with Gasteiger partial charge < -0.3 is 5.32 Å². The van der Waals surface area contributed by atoms with Gasteiger partial charge in [0.25, 0.3) is 0 Å². The van der Waals surface area contributed by atoms with Gasteiger partial charge in [-0.3, -0.25) is 4.79 Å². The van der Waals surface area contributed by atoms with Crippen LogP contribution in [0.3, 0.4) is 0 Å². The predicted octanol–water partition coefficient (Wildman–Crippen LogP) is 5.04. The van der Waals surface area contributed by atoms with E-state index in [2.05, 4.69) is 11.4 Å². The molecule has 0 aromatic heterocycles. The summed E-state index contributed by atoms with van der Waals surface area (Å²) in [4.78, 5) is 12.4. The minimum atomic E-state index is -0.988. The normalized spacial score (nSPS) is 10.9. The summed E-state index contributed by atoms with van der Waals surface area (Å²) in [5.41, 5.74) is -0.475. The molecule has 0 radical (unpaired) electrons. The lowest BCUT2D eigenvalue weighted by atomic mass is 9.79. The number of rotatable bonds is 6. The number of carbonyl (C=O) groups excluding carboxylic acids is 1. The van der Waals surface area contributed by atoms with E-state index in [4.69, 9.17) is 23.2 Å². The SMILES string of the molecule is CCCC(C#N)(CCC)C(=O)Nc1cc(Cl)cc(Cl)c1. The van der Waals surface area contributed by atoms with Crippen molar-refractivity contribution in [1.29, 1.82) is 5.26 Å². The molecule has 0 aliphatic heterocycles. The van der Waals surface area contributed by atoms with Crippen molar-refractivity contribution in [3.05, 3.63) is 28.2 Å². The number of anilines is 1. The van der Waals surface area contributed by atoms with Crippen molar-refractivity contribution in [3.8, 4) is 6.07 Å². The zero-order valence-corrected chi connectivity index (χ0v) is 13.2. The van der Waals surface area contributed by atoms with E-state index in [1.807, 2.05) is 13.8 Å². The quantitative estimate of drug-likeness (QED) is 0.799. The maximum Gasteiger partial charge on any atom is 0.244 e. The van der Waals surface area contributed by atoms with Crippen molar-refractivity contribution in [1.82, 2.24) is 0 Å². The van der Waals surface area contributed by atoms with Gasteiger partial charge in [-0.05, 0) is 31.0 Å². The van der Waals surface area contributed by atoms with E-state index in [-0.39, 0.29) is 5.91 Å². The van der Waals surface area contributed by atoms with E-state index in [1.54, 1.807) is 18.2 Å². The van der Waals surface area contributed by atoms with Crippen molar-refractivity contribution < 1.29 is 4.79 Å². The topological polar surface area (TPSA) is 52.9 Å². The first-order valence-electron chi connectivity index (χ1n) is 6.66. The van der Waals surface area contributed by atoms with E-state index in [1.165, 1.54) is 0 Å². The van der Waals surface area contributed by atoms with Crippen LogP contribution in [0, 0.1) is 16.7 Å². The standard InChI is InChI=1S/C15H18Cl2N2O/c1-3-5-15(10-18,6-4-2)14(20)19-13-8-11(16)7-12(17)9-13/h7-9H,3-6H2,1-2H3,(H,19,20). The Bertz CT molecular complexity index is 497. The molecule has 1 aromatic rings. The van der Waals surface area contributed by atoms with Crippen LogP contribution >= 0.6 is 23.2 Å². The second-order valence-electron chi connectivity index (χ2n) is 4.81. The Kier molecular flexibility index (Phi) is 6.32. The van der Waals surface area contributed by atoms with Crippen LogP contribution in [0.25, 0.3) is 0 Å². The number of amides is 1. The smallest absolute Gasteiger partial charge is 0.244 e. The largest absolute Gasteiger partial charge is 0.325 e. The van der Waals surface area contributed by atoms with Crippen LogP contribution in [0.15, 0.2) is 18.2 Å². The average molecular weight is 313 g/mol. The molecule has 3 nitrogen and oxygen atoms in total. The van der Waals surface area contributed by atoms with Gasteiger partial charge in [0.2, 0.25) is 5.91 Å². The highest BCUT2D eigenvalue weighted by Gasteiger charge is 2.37. The summed E-state index contributed by atoms with van der Waals surface area (Å²) < 4.78 is 0. The lowest BCUT2D eigenvalue weighted by molar-refractivity contribution is -0.123. The van der Waals surface area contributed by atoms with E-state index >= 15 is 0 Å². The summed E-state index contributed by atoms with van der Waals surface area (Å²) in [7, 11) is 0. The second kappa shape index (κ2) is 7.52. The number of halogens is 2. The van der Waals surface area contributed by atoms with Gasteiger partial charge in [0.15, 0.2) is 0 Å². The number of carbonyl (C=O) groups is 1. The van der Waals surface area contributed by atoms with Crippen LogP contribution in [0.1, 0.15) is 39.5 Å². The van der Waals surface area contributed by atoms with Crippen LogP contribution in [-0.4, -0.2) is 5.91 Å². The Morgan fingerprint density at radius 2 is 1.70 bits per heavy atom. The van der Waals surface area contributed by atoms with Crippen LogP contribution in [0.2, 0.25) is 10.0 Å². The van der Waals surface area contributed by atoms with Gasteiger partial charge >= 0.3 is 0 Å². The highest BCUT2D eigenvalue weighted by molar-refractivity contribution is 6.35. The highest BCUT2D eigenvalue weighted by atomic mass is 35.5. The second-order valence-corrected chi connectivity index (χ2v) is 5.68. The molecule has 1 aromatic carbocycles. The molecular formula is C15H18Cl2N2O. The molecule has 0 fully saturated rings. The fraction of sp³-hybridized carbons (Fsp3) is 0.467. The average Bonchev–Trinajstić information content (AvgIpc) is 2.36. The summed E-state index contributed by atoms with van der Waals surface area (Å²) in [5, 5.41) is 13.1. The van der Waals surface area contributed by atoms with Crippen molar-refractivity contribution in [2.45, 2.75) is 39.5 Å². The van der Waals surface area contributed by atoms with Gasteiger partial charge in [-0.2, -0.15) is 5.26 Å². The highest BCUT2D eigenvalue weighted by Crippen LogP contribution is 2.32. The van der Waals surface area contributed by atoms with Crippen molar-refractivity contribution in [3.63, 3.8) is 0 Å². The van der Waals surface area contributed by atoms with Crippen LogP contribution in [0.4, 0.5) is 5.69 Å². The van der Waals surface area contributed by atoms with Gasteiger partial charge in [0.05, 0.1) is 6.07 Å². The van der Waals surface area contributed by atoms with Gasteiger partial charge in [0, 0.05) is 15.7 Å². The molecule has 5 heteroatoms. The van der Waals surface area contributed by atoms with Crippen molar-refractivity contribution in [2.24, 2.45) is 5.41 Å². The van der Waals surface area contributed by atoms with Crippen molar-refractivity contribution >= 4 is 34.8 Å². The molecular weight excluding hydrogens is 295 g/mol. The molecule has 0 bridgehead atoms. The molecule has 0 heterocycles. The Hall–Kier alpha value is -1.24. The number of hydrogen-bond donors (Lipinski definition) is 1. The Balaban J connectivity index is 2.99. The minimum Gasteiger partial charge on any atom is -0.325 e. The zero-order valence-electron chi connectivity index (χ0n) is 11.7. The maximum atomic E-state index is 12.4. The third-order valence-corrected chi connectivity index (χ3v) is 3.56. The number of nitrogens with one attached hydrogen (secondary N) is 1. The predicted molar refractivity (Wildman–Crippen MR) is 83.0 cm³/mol. The molecule has 0 unspecified atom stereocenters. The first kappa shape index (κ1) is 16.8. The third-order valence-electron chi connectivity index (χ3n) is 3.12. The van der Waals surface area contributed by atoms with Gasteiger partial charge in [0.1, 0.15) is 5.41 Å². The molecule has 20 heavy (non-hydrogen) atoms. The lowest BCUT2D eigenvalue weighted by Gasteiger charge is -2.24. The first-order chi connectivity index (χ1) is 9.47. The third kappa shape index (κ3) is 4.13. The molecule has 108 valence electrons. The summed E-state index contributed by atoms with van der Waals surface area (Å²) in [6, 6.07) is 7.01. The van der Waals surface area contributed by atoms with Crippen molar-refractivity contribution in [2.75, 3.05) is 5.32 Å². The van der Waals surface area contributed by atoms with Crippen LogP contribution < -0.4 is 5.32 Å². The Morgan fingerprint density at radius 3 is 2.10 bits per heavy atom. The molecule has 0 saturated heterocycles. The molecule has 1 amide bonds. The van der Waals surface area contributed by atoms with Gasteiger partial charge in [-0.25, -0.2) is 0 Å². The summed E-state index contributed by atoms with van der Waals surface area (Å²) in [6.07, 6.45) is 2.63. The molecule has 1 N–H and O–H groups in total. The number of nitrogens with zero attached hydrogens (tertiary/aromatic N) is 1. The van der Waals surface area contributed by atoms with E-state index in [9.17, 15) is 10.1 Å². The maximum absolute atomic E-state index is 12.4. The first-order valence-corrected chi connectivity index (χ1v) is 7.41. The van der Waals surface area contributed by atoms with E-state index < -0.39 is 5.41 Å². The molecule has 0 aliphatic carbocycles. The number of nitriles is 1. The van der Waals surface area contributed by atoms with Crippen LogP contribution in [0.5, 0.6) is 0 Å². The summed E-state index contributed by atoms with van der Waals surface area (Å²) in [5.74, 6) is -0.290. The summed E-state index contributed by atoms with van der Waals surface area (Å²) in [6.45, 7) is 3.93. The Morgan fingerprint density at radius 1 is 1.20 bits per heavy atom. The van der Waals surface area contributed by atoms with Gasteiger partial charge in [-0.1, -0.05) is 49.9 Å². The van der Waals surface area contributed by atoms with Gasteiger partial charge in [-0.15, -0.1) is 0 Å². The van der Waals surface area contributed by atoms with E-state index in [0.717, 1.165) is 12.8 Å². The molecule has 0 atom stereocenters. The molecule has 0 saturated carbocycles. The minimum absolute atomic E-state index is 0.290. The number of benzene rings is 1. The zero-order chi connectivity index (χ0) is 15.2. The number of hydrogen-bond acceptors (Lipinski definition) is 2. The molecule has 1 rings (SSSR count). The lowest BCUT2D eigenvalue weighted by Crippen LogP contribution is -2.35. The Labute approximate surface area is 129 Å². The molecule has 0 spiro atoms.